The third-order valence-corrected chi connectivity index (χ3v) is 7.90. The molecule has 2 unspecified atom stereocenters. The zero-order valence-corrected chi connectivity index (χ0v) is 21.1. The van der Waals surface area contributed by atoms with Gasteiger partial charge in [0.2, 0.25) is 9.64 Å². The van der Waals surface area contributed by atoms with Crippen LogP contribution in [0, 0.1) is 0 Å². The Balaban J connectivity index is 3.56. The minimum Gasteiger partial charge on any atom is -0.444 e. The average molecular weight is 649 g/mol. The number of hydrogen-bond donors (Lipinski definition) is 0. The Labute approximate surface area is 216 Å². The van der Waals surface area contributed by atoms with E-state index in [-0.39, 0.29) is 0 Å². The largest absolute Gasteiger partial charge is 0.444 e. The number of halogens is 14. The molecule has 0 saturated heterocycles. The van der Waals surface area contributed by atoms with E-state index in [1.54, 1.807) is 0 Å². The van der Waals surface area contributed by atoms with E-state index in [1.807, 2.05) is 0 Å². The number of carbonyl (C=O) groups is 1. The Morgan fingerprint density at radius 2 is 1.38 bits per heavy atom. The summed E-state index contributed by atoms with van der Waals surface area (Å²) in [6.07, 6.45) is -5.21. The molecule has 0 aliphatic rings. The first-order valence-corrected chi connectivity index (χ1v) is 12.0. The highest BCUT2D eigenvalue weighted by Crippen LogP contribution is 2.61. The summed E-state index contributed by atoms with van der Waals surface area (Å²) in [6, 6.07) is 5.15. The van der Waals surface area contributed by atoms with Crippen molar-refractivity contribution in [2.24, 2.45) is 0 Å². The maximum absolute atomic E-state index is 14.0. The van der Waals surface area contributed by atoms with Gasteiger partial charge < -0.3 is 9.26 Å². The fourth-order valence-electron chi connectivity index (χ4n) is 2.06. The number of rotatable bonds is 9. The summed E-state index contributed by atoms with van der Waals surface area (Å²) in [5, 5.41) is -0.719. The smallest absolute Gasteiger partial charge is 0.380 e. The number of carbonyl (C=O) groups excluding carboxylic acids is 1. The Hall–Kier alpha value is 0.0600. The van der Waals surface area contributed by atoms with Crippen LogP contribution in [-0.4, -0.2) is 50.2 Å². The molecule has 1 rings (SSSR count). The Bertz CT molecular complexity index is 910. The topological polar surface area (TPSA) is 52.6 Å². The molecule has 196 valence electrons. The number of alkyl halides is 14. The molecule has 0 saturated carbocycles. The third-order valence-electron chi connectivity index (χ3n) is 3.74. The lowest BCUT2D eigenvalue weighted by atomic mass is 10.1. The molecule has 34 heavy (non-hydrogen) atoms. The van der Waals surface area contributed by atoms with E-state index >= 15 is 0 Å². The molecule has 0 aliphatic carbocycles. The van der Waals surface area contributed by atoms with Crippen LogP contribution in [0.2, 0.25) is 0 Å². The van der Waals surface area contributed by atoms with Gasteiger partial charge in [0.25, 0.3) is 11.2 Å². The van der Waals surface area contributed by atoms with Gasteiger partial charge in [-0.25, -0.2) is 13.6 Å². The van der Waals surface area contributed by atoms with Crippen molar-refractivity contribution < 1.29 is 53.7 Å². The lowest BCUT2D eigenvalue weighted by molar-refractivity contribution is -0.342. The summed E-state index contributed by atoms with van der Waals surface area (Å²) in [5.74, 6) is -24.0. The number of benzene rings is 1. The molecule has 0 amide bonds. The SMILES string of the molecule is O=C(OC(C(Cl)(Cl)Cl)P(=O)(OCC(F)(F)C(F)(F)C(F)(F)C(F)F)c1ccccc1)C(Cl)(Cl)Cl. The first-order chi connectivity index (χ1) is 15.0. The van der Waals surface area contributed by atoms with E-state index in [0.717, 1.165) is 24.3 Å². The van der Waals surface area contributed by atoms with Crippen LogP contribution in [0.3, 0.4) is 0 Å². The molecule has 0 aromatic heterocycles. The van der Waals surface area contributed by atoms with Crippen molar-refractivity contribution in [3.63, 3.8) is 0 Å². The fraction of sp³-hybridized carbons (Fsp3) is 0.533. The first kappa shape index (κ1) is 32.1. The zero-order chi connectivity index (χ0) is 27.0. The van der Waals surface area contributed by atoms with Crippen LogP contribution in [-0.2, 0) is 18.6 Å². The number of hydrogen-bond acceptors (Lipinski definition) is 4. The monoisotopic (exact) mass is 646 g/mol. The highest BCUT2D eigenvalue weighted by Gasteiger charge is 2.75. The van der Waals surface area contributed by atoms with Gasteiger partial charge in [-0.15, -0.1) is 0 Å². The van der Waals surface area contributed by atoms with E-state index in [0.29, 0.717) is 0 Å². The second-order valence-electron chi connectivity index (χ2n) is 6.21. The molecule has 1 aromatic rings. The molecular formula is C15H9Cl6F8O4P. The van der Waals surface area contributed by atoms with Gasteiger partial charge in [-0.1, -0.05) is 87.8 Å². The predicted octanol–water partition coefficient (Wildman–Crippen LogP) is 7.39. The van der Waals surface area contributed by atoms with Gasteiger partial charge in [-0.2, -0.15) is 26.3 Å². The van der Waals surface area contributed by atoms with E-state index in [9.17, 15) is 44.5 Å². The average Bonchev–Trinajstić information content (AvgIpc) is 2.68. The van der Waals surface area contributed by atoms with Gasteiger partial charge in [-0.3, -0.25) is 4.57 Å². The molecule has 0 fully saturated rings. The third kappa shape index (κ3) is 6.88. The Morgan fingerprint density at radius 3 is 1.76 bits per heavy atom. The fourth-order valence-corrected chi connectivity index (χ4v) is 5.60. The van der Waals surface area contributed by atoms with Crippen LogP contribution >= 0.6 is 77.0 Å². The number of esters is 1. The van der Waals surface area contributed by atoms with Gasteiger partial charge in [-0.05, 0) is 12.1 Å². The van der Waals surface area contributed by atoms with E-state index < -0.39 is 62.9 Å². The Morgan fingerprint density at radius 1 is 0.912 bits per heavy atom. The normalized spacial score (nSPS) is 16.8. The first-order valence-electron chi connectivity index (χ1n) is 8.08. The second-order valence-corrected chi connectivity index (χ2v) is 13.3. The second kappa shape index (κ2) is 10.8. The van der Waals surface area contributed by atoms with Crippen molar-refractivity contribution in [1.29, 1.82) is 0 Å². The summed E-state index contributed by atoms with van der Waals surface area (Å²) in [7, 11) is -5.43. The predicted molar refractivity (Wildman–Crippen MR) is 111 cm³/mol. The summed E-state index contributed by atoms with van der Waals surface area (Å²) >= 11 is 32.7. The van der Waals surface area contributed by atoms with Gasteiger partial charge >= 0.3 is 30.2 Å². The highest BCUT2D eigenvalue weighted by atomic mass is 35.6. The summed E-state index contributed by atoms with van der Waals surface area (Å²) in [4.78, 5) is 11.9. The minimum atomic E-state index is -6.71. The van der Waals surface area contributed by atoms with Gasteiger partial charge in [0, 0.05) is 5.30 Å². The molecule has 0 radical (unpaired) electrons. The summed E-state index contributed by atoms with van der Waals surface area (Å²) < 4.78 is 123. The van der Waals surface area contributed by atoms with Gasteiger partial charge in [0.1, 0.15) is 6.61 Å². The van der Waals surface area contributed by atoms with Crippen molar-refractivity contribution in [2.75, 3.05) is 6.61 Å². The minimum absolute atomic E-state index is 0.719. The molecule has 0 bridgehead atoms. The van der Waals surface area contributed by atoms with Crippen molar-refractivity contribution in [3.8, 4) is 0 Å². The molecule has 2 atom stereocenters. The molecule has 0 N–H and O–H groups in total. The van der Waals surface area contributed by atoms with Gasteiger partial charge in [0.05, 0.1) is 0 Å². The maximum Gasteiger partial charge on any atom is 0.380 e. The van der Waals surface area contributed by atoms with Crippen LogP contribution in [0.25, 0.3) is 0 Å². The molecular weight excluding hydrogens is 640 g/mol. The van der Waals surface area contributed by atoms with E-state index in [1.165, 1.54) is 6.07 Å². The van der Waals surface area contributed by atoms with Gasteiger partial charge in [0.15, 0.2) is 0 Å². The maximum atomic E-state index is 14.0. The van der Waals surface area contributed by atoms with Crippen LogP contribution in [0.1, 0.15) is 0 Å². The summed E-state index contributed by atoms with van der Waals surface area (Å²) in [5.41, 5.74) is 0. The van der Waals surface area contributed by atoms with Crippen LogP contribution in [0.15, 0.2) is 30.3 Å². The lowest BCUT2D eigenvalue weighted by Crippen LogP contribution is -2.59. The van der Waals surface area contributed by atoms with Crippen molar-refractivity contribution in [2.45, 2.75) is 37.6 Å². The Kier molecular flexibility index (Phi) is 10.2. The molecule has 0 aliphatic heterocycles. The van der Waals surface area contributed by atoms with E-state index in [4.69, 9.17) is 69.6 Å². The standard InChI is InChI=1S/C15H9Cl6F8O4P/c16-13(17,18)9(30)33-10(14(19,20)21)34(31,7-4-2-1-3-5-7)32-6-11(24,25)15(28,29)12(26,27)8(22)23/h1-5,8,10H,6H2. The van der Waals surface area contributed by atoms with E-state index in [2.05, 4.69) is 9.26 Å². The van der Waals surface area contributed by atoms with Crippen molar-refractivity contribution in [3.05, 3.63) is 30.3 Å². The summed E-state index contributed by atoms with van der Waals surface area (Å²) in [6.45, 7) is -2.89. The number of ether oxygens (including phenoxy) is 1. The molecule has 0 spiro atoms. The quantitative estimate of drug-likeness (QED) is 0.121. The molecule has 0 heterocycles. The zero-order valence-electron chi connectivity index (χ0n) is 15.6. The van der Waals surface area contributed by atoms with Crippen molar-refractivity contribution in [1.82, 2.24) is 0 Å². The molecule has 1 aromatic carbocycles. The van der Waals surface area contributed by atoms with Crippen LogP contribution in [0.4, 0.5) is 35.1 Å². The van der Waals surface area contributed by atoms with Crippen LogP contribution < -0.4 is 5.30 Å². The van der Waals surface area contributed by atoms with Crippen LogP contribution in [0.5, 0.6) is 0 Å². The molecule has 4 nitrogen and oxygen atoms in total. The van der Waals surface area contributed by atoms with Crippen molar-refractivity contribution >= 4 is 88.2 Å². The molecule has 19 heteroatoms. The lowest BCUT2D eigenvalue weighted by Gasteiger charge is -2.35. The highest BCUT2D eigenvalue weighted by molar-refractivity contribution is 7.68.